The minimum Gasteiger partial charge on any atom is -0.330 e. The Labute approximate surface area is 74.1 Å². The minimum atomic E-state index is 0.899. The molecule has 4 aliphatic rings. The summed E-state index contributed by atoms with van der Waals surface area (Å²) in [7, 11) is 0. The zero-order chi connectivity index (χ0) is 8.13. The molecule has 2 heteroatoms. The molecule has 3 heterocycles. The van der Waals surface area contributed by atoms with Crippen LogP contribution in [0.5, 0.6) is 0 Å². The molecule has 4 bridgehead atoms. The molecule has 0 aromatic heterocycles. The van der Waals surface area contributed by atoms with Crippen molar-refractivity contribution in [3.63, 3.8) is 0 Å². The lowest BCUT2D eigenvalue weighted by atomic mass is 9.74. The first-order valence-electron chi connectivity index (χ1n) is 5.32. The number of rotatable bonds is 2. The Balaban J connectivity index is 1.81. The molecule has 3 saturated heterocycles. The highest BCUT2D eigenvalue weighted by Crippen LogP contribution is 2.49. The maximum Gasteiger partial charge on any atom is 0.0130 e. The summed E-state index contributed by atoms with van der Waals surface area (Å²) in [5.41, 5.74) is 5.65. The molecule has 0 amide bonds. The van der Waals surface area contributed by atoms with Gasteiger partial charge in [-0.2, -0.15) is 0 Å². The van der Waals surface area contributed by atoms with Gasteiger partial charge in [-0.25, -0.2) is 0 Å². The third kappa shape index (κ3) is 0.826. The Morgan fingerprint density at radius 3 is 2.92 bits per heavy atom. The van der Waals surface area contributed by atoms with Gasteiger partial charge in [0.1, 0.15) is 0 Å². The van der Waals surface area contributed by atoms with E-state index in [0.29, 0.717) is 0 Å². The van der Waals surface area contributed by atoms with Crippen molar-refractivity contribution >= 4 is 0 Å². The summed E-state index contributed by atoms with van der Waals surface area (Å²) in [6, 6.07) is 0.942. The van der Waals surface area contributed by atoms with Gasteiger partial charge in [0.2, 0.25) is 0 Å². The van der Waals surface area contributed by atoms with E-state index >= 15 is 0 Å². The lowest BCUT2D eigenvalue weighted by Gasteiger charge is -2.30. The summed E-state index contributed by atoms with van der Waals surface area (Å²) >= 11 is 0. The Kier molecular flexibility index (Phi) is 1.50. The maximum absolute atomic E-state index is 5.65. The molecule has 2 N–H and O–H groups in total. The molecule has 1 saturated carbocycles. The average Bonchev–Trinajstić information content (AvgIpc) is 2.46. The molecular weight excluding hydrogens is 148 g/mol. The van der Waals surface area contributed by atoms with Gasteiger partial charge in [-0.15, -0.1) is 0 Å². The Hall–Kier alpha value is -0.0800. The first-order chi connectivity index (χ1) is 5.88. The van der Waals surface area contributed by atoms with Gasteiger partial charge in [-0.3, -0.25) is 4.90 Å². The van der Waals surface area contributed by atoms with Crippen molar-refractivity contribution in [2.24, 2.45) is 23.5 Å². The second-order valence-electron chi connectivity index (χ2n) is 4.86. The van der Waals surface area contributed by atoms with Gasteiger partial charge in [0.15, 0.2) is 0 Å². The number of nitrogens with zero attached hydrogens (tertiary/aromatic N) is 1. The Morgan fingerprint density at radius 2 is 2.17 bits per heavy atom. The van der Waals surface area contributed by atoms with Crippen LogP contribution in [0.15, 0.2) is 0 Å². The van der Waals surface area contributed by atoms with Crippen molar-refractivity contribution in [3.8, 4) is 0 Å². The summed E-state index contributed by atoms with van der Waals surface area (Å²) in [5.74, 6) is 3.04. The second kappa shape index (κ2) is 2.46. The van der Waals surface area contributed by atoms with E-state index < -0.39 is 0 Å². The minimum absolute atomic E-state index is 0.899. The third-order valence-corrected chi connectivity index (χ3v) is 4.24. The quantitative estimate of drug-likeness (QED) is 0.653. The predicted octanol–water partition coefficient (Wildman–Crippen LogP) is 0.675. The van der Waals surface area contributed by atoms with Crippen LogP contribution in [0, 0.1) is 17.8 Å². The lowest BCUT2D eigenvalue weighted by Crippen LogP contribution is -2.29. The zero-order valence-electron chi connectivity index (χ0n) is 7.58. The van der Waals surface area contributed by atoms with Crippen LogP contribution in [0.3, 0.4) is 0 Å². The molecule has 5 unspecified atom stereocenters. The van der Waals surface area contributed by atoms with E-state index in [2.05, 4.69) is 4.90 Å². The van der Waals surface area contributed by atoms with E-state index in [1.165, 1.54) is 32.4 Å². The van der Waals surface area contributed by atoms with Crippen LogP contribution < -0.4 is 5.73 Å². The van der Waals surface area contributed by atoms with Crippen LogP contribution in [0.4, 0.5) is 0 Å². The number of nitrogens with two attached hydrogens (primary N) is 1. The molecule has 2 nitrogen and oxygen atoms in total. The third-order valence-electron chi connectivity index (χ3n) is 4.24. The highest BCUT2D eigenvalue weighted by atomic mass is 15.2. The van der Waals surface area contributed by atoms with E-state index in [0.717, 1.165) is 30.3 Å². The Morgan fingerprint density at radius 1 is 1.25 bits per heavy atom. The summed E-state index contributed by atoms with van der Waals surface area (Å²) in [6.07, 6.45) is 4.28. The molecule has 4 rings (SSSR count). The van der Waals surface area contributed by atoms with Gasteiger partial charge < -0.3 is 5.73 Å². The predicted molar refractivity (Wildman–Crippen MR) is 48.7 cm³/mol. The number of piperidine rings is 1. The topological polar surface area (TPSA) is 29.3 Å². The van der Waals surface area contributed by atoms with Crippen molar-refractivity contribution in [1.82, 2.24) is 4.90 Å². The standard InChI is InChI=1S/C10H18N2/c11-2-1-9-8-3-7-4-10(9)12(5-7)6-8/h7-10H,1-6,11H2. The van der Waals surface area contributed by atoms with E-state index in [-0.39, 0.29) is 0 Å². The highest BCUT2D eigenvalue weighted by Gasteiger charge is 2.51. The van der Waals surface area contributed by atoms with Crippen LogP contribution in [-0.4, -0.2) is 30.6 Å². The molecule has 4 fully saturated rings. The summed E-state index contributed by atoms with van der Waals surface area (Å²) in [5, 5.41) is 0. The maximum atomic E-state index is 5.65. The van der Waals surface area contributed by atoms with Crippen LogP contribution in [-0.2, 0) is 0 Å². The molecule has 12 heavy (non-hydrogen) atoms. The average molecular weight is 166 g/mol. The number of hydrogen-bond donors (Lipinski definition) is 1. The lowest BCUT2D eigenvalue weighted by molar-refractivity contribution is 0.229. The van der Waals surface area contributed by atoms with Crippen molar-refractivity contribution in [2.45, 2.75) is 25.3 Å². The fourth-order valence-corrected chi connectivity index (χ4v) is 3.91. The van der Waals surface area contributed by atoms with Gasteiger partial charge in [0.05, 0.1) is 0 Å². The van der Waals surface area contributed by atoms with Crippen LogP contribution in [0.25, 0.3) is 0 Å². The molecule has 0 aromatic rings. The molecule has 0 radical (unpaired) electrons. The molecule has 1 aliphatic carbocycles. The van der Waals surface area contributed by atoms with Crippen LogP contribution >= 0.6 is 0 Å². The van der Waals surface area contributed by atoms with E-state index in [4.69, 9.17) is 5.73 Å². The SMILES string of the molecule is NCCC1C2CC3CC1N(C3)C2. The number of hydrogen-bond acceptors (Lipinski definition) is 2. The fraction of sp³-hybridized carbons (Fsp3) is 1.00. The molecule has 0 spiro atoms. The van der Waals surface area contributed by atoms with Gasteiger partial charge in [-0.05, 0) is 43.6 Å². The van der Waals surface area contributed by atoms with E-state index in [9.17, 15) is 0 Å². The van der Waals surface area contributed by atoms with Gasteiger partial charge in [0, 0.05) is 19.1 Å². The fourth-order valence-electron chi connectivity index (χ4n) is 3.91. The van der Waals surface area contributed by atoms with Crippen molar-refractivity contribution in [1.29, 1.82) is 0 Å². The first-order valence-corrected chi connectivity index (χ1v) is 5.32. The van der Waals surface area contributed by atoms with Gasteiger partial charge in [-0.1, -0.05) is 0 Å². The van der Waals surface area contributed by atoms with Crippen molar-refractivity contribution < 1.29 is 0 Å². The van der Waals surface area contributed by atoms with Crippen LogP contribution in [0.1, 0.15) is 19.3 Å². The van der Waals surface area contributed by atoms with Crippen LogP contribution in [0.2, 0.25) is 0 Å². The van der Waals surface area contributed by atoms with Crippen molar-refractivity contribution in [3.05, 3.63) is 0 Å². The van der Waals surface area contributed by atoms with E-state index in [1.807, 2.05) is 0 Å². The molecule has 5 atom stereocenters. The summed E-state index contributed by atoms with van der Waals surface area (Å²) < 4.78 is 0. The first kappa shape index (κ1) is 7.34. The normalized spacial score (nSPS) is 55.2. The zero-order valence-corrected chi connectivity index (χ0v) is 7.58. The second-order valence-corrected chi connectivity index (χ2v) is 4.86. The van der Waals surface area contributed by atoms with Crippen molar-refractivity contribution in [2.75, 3.05) is 19.6 Å². The summed E-state index contributed by atoms with van der Waals surface area (Å²) in [4.78, 5) is 2.72. The smallest absolute Gasteiger partial charge is 0.0130 e. The molecular formula is C10H18N2. The monoisotopic (exact) mass is 166 g/mol. The molecule has 3 aliphatic heterocycles. The largest absolute Gasteiger partial charge is 0.330 e. The Bertz CT molecular complexity index is 188. The highest BCUT2D eigenvalue weighted by molar-refractivity contribution is 5.04. The van der Waals surface area contributed by atoms with E-state index in [1.54, 1.807) is 0 Å². The molecule has 68 valence electrons. The van der Waals surface area contributed by atoms with Gasteiger partial charge >= 0.3 is 0 Å². The van der Waals surface area contributed by atoms with Gasteiger partial charge in [0.25, 0.3) is 0 Å². The molecule has 0 aromatic carbocycles. The summed E-state index contributed by atoms with van der Waals surface area (Å²) in [6.45, 7) is 3.70.